The highest BCUT2D eigenvalue weighted by atomic mass is 19.1. The van der Waals surface area contributed by atoms with Gasteiger partial charge < -0.3 is 5.73 Å². The molecule has 0 radical (unpaired) electrons. The van der Waals surface area contributed by atoms with Gasteiger partial charge in [-0.3, -0.25) is 4.90 Å². The minimum Gasteiger partial charge on any atom is -0.329 e. The summed E-state index contributed by atoms with van der Waals surface area (Å²) < 4.78 is 13.5. The van der Waals surface area contributed by atoms with Crippen molar-refractivity contribution in [1.29, 1.82) is 0 Å². The van der Waals surface area contributed by atoms with Crippen molar-refractivity contribution in [3.63, 3.8) is 0 Å². The van der Waals surface area contributed by atoms with E-state index in [4.69, 9.17) is 5.73 Å². The van der Waals surface area contributed by atoms with E-state index in [0.717, 1.165) is 0 Å². The van der Waals surface area contributed by atoms with Crippen LogP contribution in [0.1, 0.15) is 34.1 Å². The number of alkyl halides is 1. The number of likely N-dealkylation sites (tertiary alicyclic amines) is 1. The summed E-state index contributed by atoms with van der Waals surface area (Å²) in [6.07, 6.45) is -0.127. The van der Waals surface area contributed by atoms with Crippen molar-refractivity contribution in [3.05, 3.63) is 0 Å². The summed E-state index contributed by atoms with van der Waals surface area (Å²) in [7, 11) is 0. The van der Waals surface area contributed by atoms with Gasteiger partial charge in [0, 0.05) is 18.1 Å². The number of hydrogen-bond donors (Lipinski definition) is 1. The lowest BCUT2D eigenvalue weighted by molar-refractivity contribution is 0.0723. The second kappa shape index (κ2) is 3.54. The Balaban J connectivity index is 2.81. The highest BCUT2D eigenvalue weighted by molar-refractivity contribution is 4.98. The van der Waals surface area contributed by atoms with E-state index in [1.807, 2.05) is 0 Å². The maximum absolute atomic E-state index is 13.5. The molecule has 78 valence electrons. The molecule has 0 spiro atoms. The third kappa shape index (κ3) is 2.02. The topological polar surface area (TPSA) is 29.3 Å². The van der Waals surface area contributed by atoms with Crippen LogP contribution in [0.5, 0.6) is 0 Å². The molecule has 1 aliphatic heterocycles. The predicted molar refractivity (Wildman–Crippen MR) is 53.4 cm³/mol. The monoisotopic (exact) mass is 188 g/mol. The van der Waals surface area contributed by atoms with Gasteiger partial charge in [0.25, 0.3) is 0 Å². The fourth-order valence-corrected chi connectivity index (χ4v) is 2.52. The van der Waals surface area contributed by atoms with E-state index in [0.29, 0.717) is 19.0 Å². The van der Waals surface area contributed by atoms with Crippen LogP contribution >= 0.6 is 0 Å². The van der Waals surface area contributed by atoms with Gasteiger partial charge in [-0.25, -0.2) is 4.39 Å². The largest absolute Gasteiger partial charge is 0.329 e. The molecule has 0 saturated carbocycles. The Morgan fingerprint density at radius 1 is 1.46 bits per heavy atom. The zero-order chi connectivity index (χ0) is 10.2. The van der Waals surface area contributed by atoms with Crippen molar-refractivity contribution >= 4 is 0 Å². The average Bonchev–Trinajstić information content (AvgIpc) is 2.23. The van der Waals surface area contributed by atoms with Crippen molar-refractivity contribution in [2.45, 2.75) is 57.9 Å². The number of nitrogens with two attached hydrogens (primary N) is 1. The first kappa shape index (κ1) is 10.9. The van der Waals surface area contributed by atoms with E-state index >= 15 is 0 Å². The van der Waals surface area contributed by atoms with Gasteiger partial charge in [-0.05, 0) is 34.1 Å². The predicted octanol–water partition coefficient (Wildman–Crippen LogP) is 1.54. The molecule has 2 nitrogen and oxygen atoms in total. The Morgan fingerprint density at radius 3 is 2.31 bits per heavy atom. The molecule has 1 rings (SSSR count). The molecule has 3 atom stereocenters. The van der Waals surface area contributed by atoms with Crippen LogP contribution in [0.4, 0.5) is 4.39 Å². The highest BCUT2D eigenvalue weighted by Crippen LogP contribution is 2.32. The van der Waals surface area contributed by atoms with Crippen LogP contribution in [0.25, 0.3) is 0 Å². The third-order valence-corrected chi connectivity index (χ3v) is 2.83. The third-order valence-electron chi connectivity index (χ3n) is 2.83. The summed E-state index contributed by atoms with van der Waals surface area (Å²) in [5.74, 6) is 0. The Kier molecular flexibility index (Phi) is 2.98. The molecule has 0 aromatic heterocycles. The zero-order valence-electron chi connectivity index (χ0n) is 9.05. The Hall–Kier alpha value is -0.150. The molecule has 1 fully saturated rings. The maximum atomic E-state index is 13.5. The molecule has 0 aliphatic carbocycles. The minimum atomic E-state index is -0.751. The Morgan fingerprint density at radius 2 is 2.00 bits per heavy atom. The van der Waals surface area contributed by atoms with Crippen molar-refractivity contribution in [2.75, 3.05) is 6.54 Å². The van der Waals surface area contributed by atoms with Crippen LogP contribution < -0.4 is 5.73 Å². The molecule has 13 heavy (non-hydrogen) atoms. The van der Waals surface area contributed by atoms with Gasteiger partial charge in [0.05, 0.1) is 6.04 Å². The lowest BCUT2D eigenvalue weighted by Crippen LogP contribution is -2.52. The molecular weight excluding hydrogens is 167 g/mol. The van der Waals surface area contributed by atoms with Gasteiger partial charge >= 0.3 is 0 Å². The molecule has 0 unspecified atom stereocenters. The molecule has 1 saturated heterocycles. The van der Waals surface area contributed by atoms with Gasteiger partial charge in [0.1, 0.15) is 6.17 Å². The van der Waals surface area contributed by atoms with Crippen LogP contribution in [-0.2, 0) is 0 Å². The SMILES string of the molecule is C[C@@H]1C[C@@H](F)[C@H](CN)N1C(C)(C)C. The van der Waals surface area contributed by atoms with Gasteiger partial charge in [0.2, 0.25) is 0 Å². The van der Waals surface area contributed by atoms with E-state index in [1.165, 1.54) is 0 Å². The summed E-state index contributed by atoms with van der Waals surface area (Å²) in [5, 5.41) is 0. The van der Waals surface area contributed by atoms with E-state index in [9.17, 15) is 4.39 Å². The average molecular weight is 188 g/mol. The van der Waals surface area contributed by atoms with Crippen LogP contribution in [0, 0.1) is 0 Å². The summed E-state index contributed by atoms with van der Waals surface area (Å²) in [4.78, 5) is 2.21. The molecular formula is C10H21FN2. The molecule has 0 aromatic carbocycles. The summed E-state index contributed by atoms with van der Waals surface area (Å²) in [5.41, 5.74) is 5.61. The maximum Gasteiger partial charge on any atom is 0.118 e. The minimum absolute atomic E-state index is 0.0181. The van der Waals surface area contributed by atoms with Crippen LogP contribution in [0.15, 0.2) is 0 Å². The second-order valence-corrected chi connectivity index (χ2v) is 4.98. The number of halogens is 1. The zero-order valence-corrected chi connectivity index (χ0v) is 9.05. The van der Waals surface area contributed by atoms with Crippen molar-refractivity contribution < 1.29 is 4.39 Å². The normalized spacial score (nSPS) is 36.9. The summed E-state index contributed by atoms with van der Waals surface area (Å²) >= 11 is 0. The molecule has 0 amide bonds. The van der Waals surface area contributed by atoms with E-state index in [2.05, 4.69) is 32.6 Å². The number of hydrogen-bond acceptors (Lipinski definition) is 2. The molecule has 2 N–H and O–H groups in total. The van der Waals surface area contributed by atoms with Gasteiger partial charge in [-0.1, -0.05) is 0 Å². The van der Waals surface area contributed by atoms with Crippen LogP contribution in [-0.4, -0.2) is 35.2 Å². The highest BCUT2D eigenvalue weighted by Gasteiger charge is 2.43. The van der Waals surface area contributed by atoms with Gasteiger partial charge in [0.15, 0.2) is 0 Å². The van der Waals surface area contributed by atoms with Crippen LogP contribution in [0.2, 0.25) is 0 Å². The standard InChI is InChI=1S/C10H21FN2/c1-7-5-8(11)9(6-12)13(7)10(2,3)4/h7-9H,5-6,12H2,1-4H3/t7-,8-,9+/m1/s1. The van der Waals surface area contributed by atoms with Crippen molar-refractivity contribution in [2.24, 2.45) is 5.73 Å². The Labute approximate surface area is 80.3 Å². The van der Waals surface area contributed by atoms with Crippen molar-refractivity contribution in [1.82, 2.24) is 4.90 Å². The first-order valence-corrected chi connectivity index (χ1v) is 5.00. The second-order valence-electron chi connectivity index (χ2n) is 4.98. The molecule has 0 bridgehead atoms. The number of nitrogens with zero attached hydrogens (tertiary/aromatic N) is 1. The lowest BCUT2D eigenvalue weighted by atomic mass is 10.0. The fraction of sp³-hybridized carbons (Fsp3) is 1.00. The number of rotatable bonds is 1. The first-order chi connectivity index (χ1) is 5.88. The quantitative estimate of drug-likeness (QED) is 0.676. The van der Waals surface area contributed by atoms with E-state index < -0.39 is 6.17 Å². The van der Waals surface area contributed by atoms with E-state index in [1.54, 1.807) is 0 Å². The smallest absolute Gasteiger partial charge is 0.118 e. The summed E-state index contributed by atoms with van der Waals surface area (Å²) in [6.45, 7) is 8.84. The fourth-order valence-electron chi connectivity index (χ4n) is 2.52. The Bertz CT molecular complexity index is 176. The van der Waals surface area contributed by atoms with Gasteiger partial charge in [-0.15, -0.1) is 0 Å². The molecule has 3 heteroatoms. The molecule has 0 aromatic rings. The molecule has 1 aliphatic rings. The van der Waals surface area contributed by atoms with Crippen molar-refractivity contribution in [3.8, 4) is 0 Å². The summed E-state index contributed by atoms with van der Waals surface area (Å²) in [6, 6.07) is 0.221. The molecule has 1 heterocycles. The lowest BCUT2D eigenvalue weighted by Gasteiger charge is -2.39. The van der Waals surface area contributed by atoms with Gasteiger partial charge in [-0.2, -0.15) is 0 Å². The first-order valence-electron chi connectivity index (χ1n) is 5.00. The van der Waals surface area contributed by atoms with Crippen LogP contribution in [0.3, 0.4) is 0 Å². The van der Waals surface area contributed by atoms with E-state index in [-0.39, 0.29) is 11.6 Å².